The minimum Gasteiger partial charge on any atom is -0.461 e. The molecule has 0 N–H and O–H groups in total. The van der Waals surface area contributed by atoms with Gasteiger partial charge < -0.3 is 33.2 Å². The Labute approximate surface area is 385 Å². The predicted molar refractivity (Wildman–Crippen MR) is 238 cm³/mol. The van der Waals surface area contributed by atoms with Gasteiger partial charge >= 0.3 is 29.8 Å². The molecule has 0 bridgehead atoms. The van der Waals surface area contributed by atoms with Crippen LogP contribution in [0.3, 0.4) is 0 Å². The molecular formula is C53H46F2O12. The number of hydrogen-bond donors (Lipinski definition) is 0. The summed E-state index contributed by atoms with van der Waals surface area (Å²) in [5.41, 5.74) is 1.12. The van der Waals surface area contributed by atoms with E-state index < -0.39 is 84.9 Å². The van der Waals surface area contributed by atoms with Crippen molar-refractivity contribution in [3.05, 3.63) is 208 Å². The van der Waals surface area contributed by atoms with Gasteiger partial charge in [0.05, 0.1) is 22.3 Å². The molecule has 1 aliphatic rings. The number of hydrogen-bond acceptors (Lipinski definition) is 12. The summed E-state index contributed by atoms with van der Waals surface area (Å²) >= 11 is 0. The van der Waals surface area contributed by atoms with E-state index in [1.54, 1.807) is 78.9 Å². The molecule has 0 radical (unpaired) electrons. The highest BCUT2D eigenvalue weighted by molar-refractivity contribution is 5.91. The lowest BCUT2D eigenvalue weighted by Crippen LogP contribution is -2.65. The summed E-state index contributed by atoms with van der Waals surface area (Å²) in [6, 6.07) is 38.5. The van der Waals surface area contributed by atoms with Crippen molar-refractivity contribution in [2.75, 3.05) is 0 Å². The van der Waals surface area contributed by atoms with Crippen LogP contribution in [0.25, 0.3) is 0 Å². The Hall–Kier alpha value is -7.71. The van der Waals surface area contributed by atoms with Crippen molar-refractivity contribution in [1.29, 1.82) is 0 Å². The molecule has 6 aromatic carbocycles. The Kier molecular flexibility index (Phi) is 15.5. The SMILES string of the molecule is CCc1ccc(Cc2c(F)cc(COC(C)=O)cc2O[C@@H]2O[C@H]([C@@H](C)OC(=O)c3ccccc3)[C@@H](OC(=O)c3ccccc3)[C@H](OC(=O)c3ccccc3)[C@H]2OC(=O)c2ccccc2)c(F)c1. The second-order valence-electron chi connectivity index (χ2n) is 15.6. The predicted octanol–water partition coefficient (Wildman–Crippen LogP) is 9.21. The zero-order valence-electron chi connectivity index (χ0n) is 36.7. The van der Waals surface area contributed by atoms with Gasteiger partial charge in [-0.3, -0.25) is 4.79 Å². The summed E-state index contributed by atoms with van der Waals surface area (Å²) in [5.74, 6) is -6.02. The molecule has 0 aliphatic carbocycles. The van der Waals surface area contributed by atoms with E-state index in [9.17, 15) is 24.0 Å². The molecule has 1 fully saturated rings. The third kappa shape index (κ3) is 12.0. The molecule has 0 amide bonds. The highest BCUT2D eigenvalue weighted by Gasteiger charge is 2.56. The van der Waals surface area contributed by atoms with Crippen molar-refractivity contribution in [2.45, 2.75) is 77.0 Å². The zero-order chi connectivity index (χ0) is 47.5. The minimum atomic E-state index is -1.88. The number of ether oxygens (including phenoxy) is 7. The molecule has 0 spiro atoms. The average molecular weight is 913 g/mol. The molecule has 0 saturated carbocycles. The number of benzene rings is 6. The first-order valence-electron chi connectivity index (χ1n) is 21.5. The van der Waals surface area contributed by atoms with Gasteiger partial charge in [0.25, 0.3) is 0 Å². The third-order valence-corrected chi connectivity index (χ3v) is 10.8. The first-order valence-corrected chi connectivity index (χ1v) is 21.5. The molecular weight excluding hydrogens is 867 g/mol. The van der Waals surface area contributed by atoms with Crippen LogP contribution in [0.4, 0.5) is 8.78 Å². The van der Waals surface area contributed by atoms with Crippen molar-refractivity contribution >= 4 is 29.8 Å². The smallest absolute Gasteiger partial charge is 0.338 e. The number of esters is 5. The van der Waals surface area contributed by atoms with Gasteiger partial charge in [0, 0.05) is 18.9 Å². The lowest BCUT2D eigenvalue weighted by atomic mass is 9.94. The fourth-order valence-corrected chi connectivity index (χ4v) is 7.36. The normalized spacial score (nSPS) is 18.1. The minimum absolute atomic E-state index is 0.0561. The number of aryl methyl sites for hydroxylation is 1. The Bertz CT molecular complexity index is 2680. The molecule has 67 heavy (non-hydrogen) atoms. The van der Waals surface area contributed by atoms with Gasteiger partial charge in [-0.25, -0.2) is 28.0 Å². The summed E-state index contributed by atoms with van der Waals surface area (Å²) in [6.07, 6.45) is -9.94. The highest BCUT2D eigenvalue weighted by atomic mass is 19.1. The van der Waals surface area contributed by atoms with Crippen molar-refractivity contribution in [1.82, 2.24) is 0 Å². The van der Waals surface area contributed by atoms with Gasteiger partial charge in [0.15, 0.2) is 12.2 Å². The van der Waals surface area contributed by atoms with Gasteiger partial charge in [0.1, 0.15) is 36.2 Å². The van der Waals surface area contributed by atoms with Crippen LogP contribution in [0.5, 0.6) is 5.75 Å². The first kappa shape index (κ1) is 47.3. The molecule has 7 rings (SSSR count). The summed E-state index contributed by atoms with van der Waals surface area (Å²) in [5, 5.41) is 0. The standard InChI is InChI=1S/C53H46F2O12/c1-4-34-25-26-40(42(54)27-34)30-41-43(55)28-35(31-61-33(3)56)29-44(41)63-53-48(66-52(60)39-23-15-8-16-24-39)47(65-51(59)38-21-13-7-14-22-38)46(64-50(58)37-19-11-6-12-20-37)45(67-53)32(2)62-49(57)36-17-9-5-10-18-36/h5-29,32,45-48,53H,4,30-31H2,1-3H3/t32-,45-,46-,47+,48-,53-/m1/s1. The van der Waals surface area contributed by atoms with Crippen LogP contribution in [0.15, 0.2) is 152 Å². The van der Waals surface area contributed by atoms with E-state index in [2.05, 4.69) is 0 Å². The Balaban J connectivity index is 1.39. The van der Waals surface area contributed by atoms with Crippen LogP contribution in [-0.4, -0.2) is 66.7 Å². The van der Waals surface area contributed by atoms with E-state index in [0.29, 0.717) is 12.0 Å². The van der Waals surface area contributed by atoms with Crippen molar-refractivity contribution in [2.24, 2.45) is 0 Å². The molecule has 14 heteroatoms. The quantitative estimate of drug-likeness (QED) is 0.0673. The average Bonchev–Trinajstić information content (AvgIpc) is 3.34. The first-order chi connectivity index (χ1) is 32.4. The van der Waals surface area contributed by atoms with Crippen molar-refractivity contribution in [3.63, 3.8) is 0 Å². The molecule has 12 nitrogen and oxygen atoms in total. The van der Waals surface area contributed by atoms with Gasteiger partial charge in [-0.1, -0.05) is 91.9 Å². The maximum atomic E-state index is 16.5. The van der Waals surface area contributed by atoms with E-state index >= 15 is 8.78 Å². The number of carbonyl (C=O) groups is 5. The van der Waals surface area contributed by atoms with E-state index in [4.69, 9.17) is 33.2 Å². The molecule has 6 atom stereocenters. The summed E-state index contributed by atoms with van der Waals surface area (Å²) in [6.45, 7) is 4.09. The molecule has 0 unspecified atom stereocenters. The van der Waals surface area contributed by atoms with E-state index in [-0.39, 0.29) is 51.1 Å². The van der Waals surface area contributed by atoms with Crippen molar-refractivity contribution < 1.29 is 65.9 Å². The van der Waals surface area contributed by atoms with Crippen LogP contribution in [0, 0.1) is 11.6 Å². The highest BCUT2D eigenvalue weighted by Crippen LogP contribution is 2.37. The number of halogens is 2. The van der Waals surface area contributed by atoms with E-state index in [0.717, 1.165) is 6.07 Å². The molecule has 1 saturated heterocycles. The summed E-state index contributed by atoms with van der Waals surface area (Å²) < 4.78 is 75.0. The lowest BCUT2D eigenvalue weighted by molar-refractivity contribution is -0.284. The van der Waals surface area contributed by atoms with Gasteiger partial charge in [0.2, 0.25) is 12.4 Å². The van der Waals surface area contributed by atoms with Crippen LogP contribution in [0.1, 0.15) is 84.5 Å². The monoisotopic (exact) mass is 912 g/mol. The summed E-state index contributed by atoms with van der Waals surface area (Å²) in [7, 11) is 0. The summed E-state index contributed by atoms with van der Waals surface area (Å²) in [4.78, 5) is 67.9. The van der Waals surface area contributed by atoms with E-state index in [1.807, 2.05) is 6.92 Å². The molecule has 1 heterocycles. The Morgan fingerprint density at radius 2 is 1.06 bits per heavy atom. The van der Waals surface area contributed by atoms with Crippen LogP contribution in [-0.2, 0) is 52.7 Å². The Morgan fingerprint density at radius 3 is 1.55 bits per heavy atom. The maximum Gasteiger partial charge on any atom is 0.338 e. The second-order valence-corrected chi connectivity index (χ2v) is 15.6. The maximum absolute atomic E-state index is 16.5. The van der Waals surface area contributed by atoms with Crippen LogP contribution in [0.2, 0.25) is 0 Å². The van der Waals surface area contributed by atoms with Crippen LogP contribution < -0.4 is 4.74 Å². The Morgan fingerprint density at radius 1 is 0.582 bits per heavy atom. The molecule has 1 aliphatic heterocycles. The molecule has 344 valence electrons. The van der Waals surface area contributed by atoms with Crippen LogP contribution >= 0.6 is 0 Å². The van der Waals surface area contributed by atoms with Gasteiger partial charge in [-0.15, -0.1) is 0 Å². The fraction of sp³-hybridized carbons (Fsp3) is 0.226. The second kappa shape index (κ2) is 22.0. The molecule has 6 aromatic rings. The number of rotatable bonds is 16. The van der Waals surface area contributed by atoms with Gasteiger partial charge in [-0.05, 0) is 96.8 Å². The van der Waals surface area contributed by atoms with Gasteiger partial charge in [-0.2, -0.15) is 0 Å². The fourth-order valence-electron chi connectivity index (χ4n) is 7.36. The lowest BCUT2D eigenvalue weighted by Gasteiger charge is -2.45. The van der Waals surface area contributed by atoms with Crippen molar-refractivity contribution in [3.8, 4) is 5.75 Å². The molecule has 0 aromatic heterocycles. The van der Waals surface area contributed by atoms with E-state index in [1.165, 1.54) is 80.6 Å². The third-order valence-electron chi connectivity index (χ3n) is 10.8. The number of carbonyl (C=O) groups excluding carboxylic acids is 5. The topological polar surface area (TPSA) is 150 Å². The largest absolute Gasteiger partial charge is 0.461 e. The zero-order valence-corrected chi connectivity index (χ0v) is 36.7.